The van der Waals surface area contributed by atoms with Crippen molar-refractivity contribution >= 4 is 40.6 Å². The topological polar surface area (TPSA) is 104 Å². The van der Waals surface area contributed by atoms with E-state index >= 15 is 0 Å². The van der Waals surface area contributed by atoms with Gasteiger partial charge in [0.15, 0.2) is 0 Å². The predicted octanol–water partition coefficient (Wildman–Crippen LogP) is 1.89. The molecule has 3 N–H and O–H groups in total. The SMILES string of the molecule is CC(=O)Nc1ccc(NC(=O)C(=O)[C@@H]2C(=O)Nc3ccccc32)cc1. The minimum Gasteiger partial charge on any atom is -0.326 e. The Kier molecular flexibility index (Phi) is 4.30. The third-order valence-corrected chi connectivity index (χ3v) is 3.74. The molecule has 126 valence electrons. The monoisotopic (exact) mass is 337 g/mol. The third kappa shape index (κ3) is 3.40. The summed E-state index contributed by atoms with van der Waals surface area (Å²) in [5, 5.41) is 7.66. The highest BCUT2D eigenvalue weighted by atomic mass is 16.2. The van der Waals surface area contributed by atoms with Crippen LogP contribution in [0.1, 0.15) is 18.4 Å². The van der Waals surface area contributed by atoms with Gasteiger partial charge >= 0.3 is 0 Å². The maximum absolute atomic E-state index is 12.4. The van der Waals surface area contributed by atoms with E-state index in [1.54, 1.807) is 48.5 Å². The molecule has 3 rings (SSSR count). The van der Waals surface area contributed by atoms with Gasteiger partial charge in [-0.1, -0.05) is 18.2 Å². The lowest BCUT2D eigenvalue weighted by atomic mass is 9.95. The lowest BCUT2D eigenvalue weighted by molar-refractivity contribution is -0.138. The van der Waals surface area contributed by atoms with Crippen LogP contribution in [-0.4, -0.2) is 23.5 Å². The van der Waals surface area contributed by atoms with Crippen LogP contribution in [0.15, 0.2) is 48.5 Å². The van der Waals surface area contributed by atoms with Gasteiger partial charge in [0.1, 0.15) is 5.92 Å². The summed E-state index contributed by atoms with van der Waals surface area (Å²) in [5.74, 6) is -3.56. The summed E-state index contributed by atoms with van der Waals surface area (Å²) in [4.78, 5) is 47.6. The summed E-state index contributed by atoms with van der Waals surface area (Å²) in [6, 6.07) is 13.1. The van der Waals surface area contributed by atoms with Gasteiger partial charge in [0.2, 0.25) is 17.6 Å². The number of carbonyl (C=O) groups excluding carboxylic acids is 4. The molecule has 0 radical (unpaired) electrons. The average molecular weight is 337 g/mol. The maximum Gasteiger partial charge on any atom is 0.292 e. The molecule has 7 nitrogen and oxygen atoms in total. The molecule has 2 aromatic carbocycles. The molecular weight excluding hydrogens is 322 g/mol. The van der Waals surface area contributed by atoms with Crippen molar-refractivity contribution < 1.29 is 19.2 Å². The molecule has 25 heavy (non-hydrogen) atoms. The first-order valence-electron chi connectivity index (χ1n) is 7.58. The van der Waals surface area contributed by atoms with Crippen LogP contribution in [0, 0.1) is 0 Å². The predicted molar refractivity (Wildman–Crippen MR) is 92.2 cm³/mol. The van der Waals surface area contributed by atoms with Crippen LogP contribution < -0.4 is 16.0 Å². The lowest BCUT2D eigenvalue weighted by Gasteiger charge is -2.09. The number of hydrogen-bond donors (Lipinski definition) is 3. The van der Waals surface area contributed by atoms with Crippen LogP contribution >= 0.6 is 0 Å². The van der Waals surface area contributed by atoms with Crippen molar-refractivity contribution in [2.75, 3.05) is 16.0 Å². The number of benzene rings is 2. The van der Waals surface area contributed by atoms with E-state index in [0.717, 1.165) is 0 Å². The van der Waals surface area contributed by atoms with Crippen molar-refractivity contribution in [1.82, 2.24) is 0 Å². The first kappa shape index (κ1) is 16.4. The van der Waals surface area contributed by atoms with Gasteiger partial charge < -0.3 is 16.0 Å². The molecule has 1 heterocycles. The van der Waals surface area contributed by atoms with E-state index in [1.807, 2.05) is 0 Å². The quantitative estimate of drug-likeness (QED) is 0.585. The average Bonchev–Trinajstić information content (AvgIpc) is 2.91. The molecule has 1 atom stereocenters. The number of carbonyl (C=O) groups is 4. The first-order valence-corrected chi connectivity index (χ1v) is 7.58. The molecule has 0 saturated carbocycles. The normalized spacial score (nSPS) is 15.1. The van der Waals surface area contributed by atoms with Gasteiger partial charge in [0.25, 0.3) is 5.91 Å². The molecule has 2 aromatic rings. The van der Waals surface area contributed by atoms with E-state index in [9.17, 15) is 19.2 Å². The number of nitrogens with one attached hydrogen (secondary N) is 3. The van der Waals surface area contributed by atoms with E-state index in [4.69, 9.17) is 0 Å². The van der Waals surface area contributed by atoms with Crippen molar-refractivity contribution in [3.8, 4) is 0 Å². The summed E-state index contributed by atoms with van der Waals surface area (Å²) >= 11 is 0. The zero-order chi connectivity index (χ0) is 18.0. The molecule has 0 aliphatic carbocycles. The smallest absolute Gasteiger partial charge is 0.292 e. The molecule has 1 aliphatic rings. The van der Waals surface area contributed by atoms with Crippen LogP contribution in [-0.2, 0) is 19.2 Å². The van der Waals surface area contributed by atoms with Crippen LogP contribution in [0.4, 0.5) is 17.1 Å². The highest BCUT2D eigenvalue weighted by Gasteiger charge is 2.39. The second-order valence-corrected chi connectivity index (χ2v) is 5.59. The number of Topliss-reactive ketones (excluding diaryl/α,β-unsaturated/α-hetero) is 1. The first-order chi connectivity index (χ1) is 12.0. The van der Waals surface area contributed by atoms with Crippen LogP contribution in [0.2, 0.25) is 0 Å². The van der Waals surface area contributed by atoms with Crippen LogP contribution in [0.25, 0.3) is 0 Å². The number of fused-ring (bicyclic) bond motifs is 1. The van der Waals surface area contributed by atoms with E-state index in [-0.39, 0.29) is 5.91 Å². The Bertz CT molecular complexity index is 874. The Hall–Kier alpha value is -3.48. The van der Waals surface area contributed by atoms with Crippen molar-refractivity contribution in [3.63, 3.8) is 0 Å². The summed E-state index contributed by atoms with van der Waals surface area (Å²) in [6.45, 7) is 1.39. The Morgan fingerprint density at radius 3 is 2.16 bits per heavy atom. The summed E-state index contributed by atoms with van der Waals surface area (Å²) in [7, 11) is 0. The Morgan fingerprint density at radius 1 is 0.920 bits per heavy atom. The fraction of sp³-hybridized carbons (Fsp3) is 0.111. The van der Waals surface area contributed by atoms with Gasteiger partial charge in [-0.05, 0) is 35.9 Å². The summed E-state index contributed by atoms with van der Waals surface area (Å²) < 4.78 is 0. The molecule has 0 fully saturated rings. The Morgan fingerprint density at radius 2 is 1.52 bits per heavy atom. The molecule has 0 aromatic heterocycles. The number of amides is 3. The van der Waals surface area contributed by atoms with Crippen molar-refractivity contribution in [2.45, 2.75) is 12.8 Å². The molecule has 0 bridgehead atoms. The van der Waals surface area contributed by atoms with E-state index in [1.165, 1.54) is 6.92 Å². The number of hydrogen-bond acceptors (Lipinski definition) is 4. The minimum atomic E-state index is -1.14. The second kappa shape index (κ2) is 6.56. The minimum absolute atomic E-state index is 0.210. The summed E-state index contributed by atoms with van der Waals surface area (Å²) in [6.07, 6.45) is 0. The summed E-state index contributed by atoms with van der Waals surface area (Å²) in [5.41, 5.74) is 1.99. The Labute approximate surface area is 143 Å². The van der Waals surface area contributed by atoms with Gasteiger partial charge in [0, 0.05) is 24.0 Å². The van der Waals surface area contributed by atoms with Crippen LogP contribution in [0.5, 0.6) is 0 Å². The van der Waals surface area contributed by atoms with Crippen molar-refractivity contribution in [1.29, 1.82) is 0 Å². The van der Waals surface area contributed by atoms with Gasteiger partial charge in [-0.15, -0.1) is 0 Å². The zero-order valence-electron chi connectivity index (χ0n) is 13.3. The number of rotatable bonds is 4. The second-order valence-electron chi connectivity index (χ2n) is 5.59. The molecular formula is C18H15N3O4. The fourth-order valence-electron chi connectivity index (χ4n) is 2.63. The standard InChI is InChI=1S/C18H15N3O4/c1-10(22)19-11-6-8-12(9-7-11)20-18(25)16(23)15-13-4-2-3-5-14(13)21-17(15)24/h2-9,15H,1H3,(H,19,22)(H,20,25)(H,21,24)/t15-/m1/s1. The molecule has 0 unspecified atom stereocenters. The molecule has 1 aliphatic heterocycles. The van der Waals surface area contributed by atoms with E-state index < -0.39 is 23.5 Å². The van der Waals surface area contributed by atoms with Crippen LogP contribution in [0.3, 0.4) is 0 Å². The third-order valence-electron chi connectivity index (χ3n) is 3.74. The highest BCUT2D eigenvalue weighted by molar-refractivity contribution is 6.47. The lowest BCUT2D eigenvalue weighted by Crippen LogP contribution is -2.31. The number of para-hydroxylation sites is 1. The van der Waals surface area contributed by atoms with Gasteiger partial charge in [0.05, 0.1) is 0 Å². The molecule has 0 spiro atoms. The number of ketones is 1. The van der Waals surface area contributed by atoms with Crippen molar-refractivity contribution in [3.05, 3.63) is 54.1 Å². The molecule has 7 heteroatoms. The Balaban J connectivity index is 1.72. The largest absolute Gasteiger partial charge is 0.326 e. The van der Waals surface area contributed by atoms with Gasteiger partial charge in [-0.3, -0.25) is 19.2 Å². The number of anilines is 3. The van der Waals surface area contributed by atoms with Crippen molar-refractivity contribution in [2.24, 2.45) is 0 Å². The van der Waals surface area contributed by atoms with E-state index in [0.29, 0.717) is 22.6 Å². The van der Waals surface area contributed by atoms with E-state index in [2.05, 4.69) is 16.0 Å². The highest BCUT2D eigenvalue weighted by Crippen LogP contribution is 2.32. The van der Waals surface area contributed by atoms with Gasteiger partial charge in [-0.25, -0.2) is 0 Å². The molecule has 0 saturated heterocycles. The molecule has 3 amide bonds. The fourth-order valence-corrected chi connectivity index (χ4v) is 2.63. The zero-order valence-corrected chi connectivity index (χ0v) is 13.3. The van der Waals surface area contributed by atoms with Gasteiger partial charge in [-0.2, -0.15) is 0 Å². The maximum atomic E-state index is 12.4.